The highest BCUT2D eigenvalue weighted by Gasteiger charge is 2.29. The Kier molecular flexibility index (Phi) is 13.1. The van der Waals surface area contributed by atoms with Crippen LogP contribution in [0.15, 0.2) is 0 Å². The number of rotatable bonds is 16. The van der Waals surface area contributed by atoms with Crippen molar-refractivity contribution >= 4 is 35.6 Å². The van der Waals surface area contributed by atoms with Gasteiger partial charge in [0.25, 0.3) is 0 Å². The molecule has 0 aromatic rings. The molecule has 0 rings (SSSR count). The molecule has 0 aliphatic carbocycles. The van der Waals surface area contributed by atoms with Crippen molar-refractivity contribution in [2.75, 3.05) is 13.1 Å². The number of carboxylic acid groups (broad SMARTS) is 3. The van der Waals surface area contributed by atoms with Gasteiger partial charge in [-0.1, -0.05) is 0 Å². The lowest BCUT2D eigenvalue weighted by Gasteiger charge is -2.23. The van der Waals surface area contributed by atoms with Crippen LogP contribution in [-0.4, -0.2) is 82.2 Å². The summed E-state index contributed by atoms with van der Waals surface area (Å²) >= 11 is 0. The first-order valence-electron chi connectivity index (χ1n) is 9.47. The smallest absolute Gasteiger partial charge is 0.322 e. The normalized spacial score (nSPS) is 13.4. The van der Waals surface area contributed by atoms with Crippen molar-refractivity contribution in [3.05, 3.63) is 0 Å². The van der Waals surface area contributed by atoms with Gasteiger partial charge in [-0.15, -0.1) is 0 Å². The number of hydrogen-bond donors (Lipinski definition) is 8. The third-order valence-corrected chi connectivity index (χ3v) is 4.01. The van der Waals surface area contributed by atoms with Crippen molar-refractivity contribution in [2.45, 2.75) is 56.7 Å². The van der Waals surface area contributed by atoms with Gasteiger partial charge in [0.1, 0.15) is 18.6 Å². The molecule has 0 fully saturated rings. The maximum absolute atomic E-state index is 12.6. The Morgan fingerprint density at radius 2 is 1.35 bits per heavy atom. The highest BCUT2D eigenvalue weighted by molar-refractivity contribution is 5.95. The number of hydrogen-bond acceptors (Lipinski definition) is 8. The Bertz CT molecular complexity index is 670. The van der Waals surface area contributed by atoms with Crippen LogP contribution in [0.1, 0.15) is 38.5 Å². The molecule has 10 N–H and O–H groups in total. The highest BCUT2D eigenvalue weighted by atomic mass is 16.4. The van der Waals surface area contributed by atoms with Gasteiger partial charge in [-0.25, -0.2) is 0 Å². The molecule has 0 aromatic heterocycles. The summed E-state index contributed by atoms with van der Waals surface area (Å²) in [6, 6.07) is -3.98. The van der Waals surface area contributed by atoms with Gasteiger partial charge >= 0.3 is 17.9 Å². The standard InChI is InChI=1S/C17H29N5O9/c18-6-2-1-3-10(21-15(29)9(19)4-5-12(23)24)17(31)22-11(7-13(25)26)16(30)20-8-14(27)28/h9-11H,1-8,18-19H2,(H,20,30)(H,21,29)(H,22,31)(H,23,24)(H,25,26)(H,27,28). The molecule has 0 radical (unpaired) electrons. The summed E-state index contributed by atoms with van der Waals surface area (Å²) in [6.07, 6.45) is -0.327. The Morgan fingerprint density at radius 1 is 0.742 bits per heavy atom. The van der Waals surface area contributed by atoms with Crippen LogP contribution < -0.4 is 27.4 Å². The van der Waals surface area contributed by atoms with Gasteiger partial charge < -0.3 is 42.7 Å². The Balaban J connectivity index is 5.24. The van der Waals surface area contributed by atoms with E-state index in [-0.39, 0.29) is 19.3 Å². The maximum Gasteiger partial charge on any atom is 0.322 e. The van der Waals surface area contributed by atoms with Crippen LogP contribution in [0.4, 0.5) is 0 Å². The van der Waals surface area contributed by atoms with Gasteiger partial charge in [-0.3, -0.25) is 28.8 Å². The lowest BCUT2D eigenvalue weighted by Crippen LogP contribution is -2.56. The summed E-state index contributed by atoms with van der Waals surface area (Å²) in [7, 11) is 0. The van der Waals surface area contributed by atoms with Gasteiger partial charge in [0.15, 0.2) is 0 Å². The van der Waals surface area contributed by atoms with Crippen LogP contribution in [0.25, 0.3) is 0 Å². The maximum atomic E-state index is 12.6. The van der Waals surface area contributed by atoms with E-state index < -0.39 is 66.7 Å². The molecule has 0 saturated heterocycles. The van der Waals surface area contributed by atoms with Crippen LogP contribution in [0.5, 0.6) is 0 Å². The van der Waals surface area contributed by atoms with E-state index in [1.54, 1.807) is 0 Å². The van der Waals surface area contributed by atoms with E-state index in [4.69, 9.17) is 26.8 Å². The Morgan fingerprint density at radius 3 is 1.87 bits per heavy atom. The topological polar surface area (TPSA) is 251 Å². The zero-order valence-corrected chi connectivity index (χ0v) is 16.8. The monoisotopic (exact) mass is 447 g/mol. The summed E-state index contributed by atoms with van der Waals surface area (Å²) in [5.41, 5.74) is 11.0. The molecule has 14 heteroatoms. The van der Waals surface area contributed by atoms with Gasteiger partial charge in [0.05, 0.1) is 12.5 Å². The summed E-state index contributed by atoms with van der Waals surface area (Å²) in [6.45, 7) is -0.459. The lowest BCUT2D eigenvalue weighted by atomic mass is 10.1. The fourth-order valence-corrected chi connectivity index (χ4v) is 2.39. The first-order valence-corrected chi connectivity index (χ1v) is 9.47. The van der Waals surface area contributed by atoms with E-state index in [9.17, 15) is 28.8 Å². The lowest BCUT2D eigenvalue weighted by molar-refractivity contribution is -0.142. The predicted molar refractivity (Wildman–Crippen MR) is 105 cm³/mol. The third kappa shape index (κ3) is 12.8. The largest absolute Gasteiger partial charge is 0.481 e. The molecule has 0 aliphatic heterocycles. The van der Waals surface area contributed by atoms with E-state index in [1.165, 1.54) is 0 Å². The molecule has 0 bridgehead atoms. The van der Waals surface area contributed by atoms with Crippen molar-refractivity contribution in [2.24, 2.45) is 11.5 Å². The third-order valence-electron chi connectivity index (χ3n) is 4.01. The zero-order chi connectivity index (χ0) is 24.0. The van der Waals surface area contributed by atoms with E-state index in [2.05, 4.69) is 10.6 Å². The molecule has 3 amide bonds. The van der Waals surface area contributed by atoms with E-state index in [0.29, 0.717) is 19.4 Å². The van der Waals surface area contributed by atoms with Crippen LogP contribution >= 0.6 is 0 Å². The average Bonchev–Trinajstić information content (AvgIpc) is 2.68. The first kappa shape index (κ1) is 27.7. The van der Waals surface area contributed by atoms with Crippen LogP contribution in [-0.2, 0) is 28.8 Å². The van der Waals surface area contributed by atoms with Crippen molar-refractivity contribution in [1.82, 2.24) is 16.0 Å². The van der Waals surface area contributed by atoms with E-state index >= 15 is 0 Å². The first-order chi connectivity index (χ1) is 14.5. The quantitative estimate of drug-likeness (QED) is 0.110. The van der Waals surface area contributed by atoms with Crippen LogP contribution in [0.2, 0.25) is 0 Å². The number of carbonyl (C=O) groups is 6. The number of carbonyl (C=O) groups excluding carboxylic acids is 3. The fourth-order valence-electron chi connectivity index (χ4n) is 2.39. The number of nitrogens with two attached hydrogens (primary N) is 2. The van der Waals surface area contributed by atoms with Gasteiger partial charge in [-0.2, -0.15) is 0 Å². The molecule has 0 heterocycles. The predicted octanol–water partition coefficient (Wildman–Crippen LogP) is -3.05. The van der Waals surface area contributed by atoms with Crippen molar-refractivity contribution in [3.8, 4) is 0 Å². The molecule has 0 aliphatic rings. The number of amides is 3. The summed E-state index contributed by atoms with van der Waals surface area (Å²) < 4.78 is 0. The molecule has 0 spiro atoms. The minimum Gasteiger partial charge on any atom is -0.481 e. The minimum absolute atomic E-state index is 0.0942. The van der Waals surface area contributed by atoms with Crippen molar-refractivity contribution < 1.29 is 44.1 Å². The number of carboxylic acids is 3. The summed E-state index contributed by atoms with van der Waals surface area (Å²) in [4.78, 5) is 69.1. The van der Waals surface area contributed by atoms with E-state index in [0.717, 1.165) is 0 Å². The highest BCUT2D eigenvalue weighted by Crippen LogP contribution is 2.05. The minimum atomic E-state index is -1.58. The SMILES string of the molecule is NCCCCC(NC(=O)C(N)CCC(=O)O)C(=O)NC(CC(=O)O)C(=O)NCC(=O)O. The molecule has 0 saturated carbocycles. The van der Waals surface area contributed by atoms with Crippen molar-refractivity contribution in [3.63, 3.8) is 0 Å². The average molecular weight is 447 g/mol. The second-order valence-corrected chi connectivity index (χ2v) is 6.66. The molecule has 0 aromatic carbocycles. The van der Waals surface area contributed by atoms with E-state index in [1.807, 2.05) is 5.32 Å². The van der Waals surface area contributed by atoms with Crippen LogP contribution in [0.3, 0.4) is 0 Å². The van der Waals surface area contributed by atoms with Crippen molar-refractivity contribution in [1.29, 1.82) is 0 Å². The van der Waals surface area contributed by atoms with Gasteiger partial charge in [0, 0.05) is 6.42 Å². The van der Waals surface area contributed by atoms with Gasteiger partial charge in [0.2, 0.25) is 17.7 Å². The molecule has 176 valence electrons. The molecule has 31 heavy (non-hydrogen) atoms. The second-order valence-electron chi connectivity index (χ2n) is 6.66. The Hall–Kier alpha value is -3.26. The molecule has 3 unspecified atom stereocenters. The molecule has 14 nitrogen and oxygen atoms in total. The molecular weight excluding hydrogens is 418 g/mol. The number of aliphatic carboxylic acids is 3. The second kappa shape index (κ2) is 14.7. The van der Waals surface area contributed by atoms with Gasteiger partial charge in [-0.05, 0) is 32.2 Å². The number of nitrogens with one attached hydrogen (secondary N) is 3. The fraction of sp³-hybridized carbons (Fsp3) is 0.647. The summed E-state index contributed by atoms with van der Waals surface area (Å²) in [5, 5.41) is 32.8. The molecular formula is C17H29N5O9. The zero-order valence-electron chi connectivity index (χ0n) is 16.8. The Labute approximate surface area is 177 Å². The summed E-state index contributed by atoms with van der Waals surface area (Å²) in [5.74, 6) is -6.63. The number of unbranched alkanes of at least 4 members (excludes halogenated alkanes) is 1. The molecule has 3 atom stereocenters. The van der Waals surface area contributed by atoms with Crippen LogP contribution in [0, 0.1) is 0 Å².